The Labute approximate surface area is 145 Å². The van der Waals surface area contributed by atoms with Crippen LogP contribution in [0.25, 0.3) is 0 Å². The molecule has 0 amide bonds. The number of hydrogen-bond donors (Lipinski definition) is 0. The van der Waals surface area contributed by atoms with E-state index in [0.29, 0.717) is 0 Å². The molecule has 0 spiro atoms. The second-order valence-electron chi connectivity index (χ2n) is 6.66. The molecule has 0 rings (SSSR count). The van der Waals surface area contributed by atoms with Gasteiger partial charge in [0.15, 0.2) is 0 Å². The minimum absolute atomic E-state index is 0.749. The van der Waals surface area contributed by atoms with Gasteiger partial charge in [-0.3, -0.25) is 0 Å². The highest BCUT2D eigenvalue weighted by atomic mass is 28.4. The fourth-order valence-electron chi connectivity index (χ4n) is 2.47. The zero-order valence-electron chi connectivity index (χ0n) is 16.5. The molecule has 0 aliphatic rings. The fourth-order valence-corrected chi connectivity index (χ4v) is 4.92. The predicted molar refractivity (Wildman–Crippen MR) is 105 cm³/mol. The van der Waals surface area contributed by atoms with Crippen molar-refractivity contribution in [1.29, 1.82) is 0 Å². The van der Waals surface area contributed by atoms with E-state index in [4.69, 9.17) is 8.85 Å². The molecule has 0 unspecified atom stereocenters. The van der Waals surface area contributed by atoms with Gasteiger partial charge in [0.05, 0.1) is 0 Å². The van der Waals surface area contributed by atoms with E-state index in [0.717, 1.165) is 44.9 Å². The van der Waals surface area contributed by atoms with Crippen LogP contribution in [-0.4, -0.2) is 21.8 Å². The molecule has 0 bridgehead atoms. The third-order valence-corrected chi connectivity index (χ3v) is 6.85. The molecule has 0 aromatic heterocycles. The summed E-state index contributed by atoms with van der Waals surface area (Å²) in [5.41, 5.74) is 4.33. The molecule has 0 fully saturated rings. The van der Waals surface area contributed by atoms with E-state index in [1.165, 1.54) is 16.7 Å². The standard InChI is InChI=1S/C20H38O2Si/c1-8-21-23(7,22-9-2)17-16-20(6)15-11-14-19(5)13-10-12-18(3)4/h12,14-15H,8-11,13,16-17H2,1-7H3/b19-14+,20-15+. The van der Waals surface area contributed by atoms with Gasteiger partial charge in [0, 0.05) is 13.2 Å². The van der Waals surface area contributed by atoms with Gasteiger partial charge in [0.25, 0.3) is 0 Å². The van der Waals surface area contributed by atoms with Crippen molar-refractivity contribution in [2.45, 2.75) is 79.8 Å². The van der Waals surface area contributed by atoms with Gasteiger partial charge in [-0.05, 0) is 79.8 Å². The van der Waals surface area contributed by atoms with E-state index in [-0.39, 0.29) is 0 Å². The Morgan fingerprint density at radius 1 is 0.826 bits per heavy atom. The van der Waals surface area contributed by atoms with Crippen molar-refractivity contribution in [3.63, 3.8) is 0 Å². The molecule has 0 saturated heterocycles. The Hall–Kier alpha value is -0.643. The van der Waals surface area contributed by atoms with Crippen LogP contribution in [0, 0.1) is 0 Å². The molecule has 2 nitrogen and oxygen atoms in total. The molecule has 0 heterocycles. The third-order valence-electron chi connectivity index (χ3n) is 3.90. The van der Waals surface area contributed by atoms with Gasteiger partial charge in [-0.25, -0.2) is 0 Å². The van der Waals surface area contributed by atoms with Crippen LogP contribution >= 0.6 is 0 Å². The summed E-state index contributed by atoms with van der Waals surface area (Å²) in [6.07, 6.45) is 11.4. The Bertz CT molecular complexity index is 398. The Kier molecular flexibility index (Phi) is 12.4. The van der Waals surface area contributed by atoms with Crippen LogP contribution in [0.4, 0.5) is 0 Å². The minimum Gasteiger partial charge on any atom is -0.395 e. The third kappa shape index (κ3) is 12.4. The first-order valence-corrected chi connectivity index (χ1v) is 11.6. The van der Waals surface area contributed by atoms with Crippen molar-refractivity contribution < 1.29 is 8.85 Å². The molecule has 0 N–H and O–H groups in total. The summed E-state index contributed by atoms with van der Waals surface area (Å²) in [6, 6.07) is 1.04. The van der Waals surface area contributed by atoms with E-state index in [1.54, 1.807) is 0 Å². The zero-order chi connectivity index (χ0) is 17.7. The summed E-state index contributed by atoms with van der Waals surface area (Å²) < 4.78 is 11.8. The number of hydrogen-bond acceptors (Lipinski definition) is 2. The molecular formula is C20H38O2Si. The summed E-state index contributed by atoms with van der Waals surface area (Å²) in [6.45, 7) is 16.6. The summed E-state index contributed by atoms with van der Waals surface area (Å²) in [5.74, 6) is 0. The highest BCUT2D eigenvalue weighted by Crippen LogP contribution is 2.20. The summed E-state index contributed by atoms with van der Waals surface area (Å²) in [4.78, 5) is 0. The van der Waals surface area contributed by atoms with Crippen molar-refractivity contribution in [2.75, 3.05) is 13.2 Å². The van der Waals surface area contributed by atoms with E-state index in [2.05, 4.69) is 66.3 Å². The van der Waals surface area contributed by atoms with Gasteiger partial charge in [-0.1, -0.05) is 34.9 Å². The SMILES string of the molecule is CCO[Si](C)(CC/C(C)=C/C/C=C(\C)CCC=C(C)C)OCC. The van der Waals surface area contributed by atoms with E-state index >= 15 is 0 Å². The maximum atomic E-state index is 5.90. The van der Waals surface area contributed by atoms with Gasteiger partial charge < -0.3 is 8.85 Å². The Morgan fingerprint density at radius 2 is 1.35 bits per heavy atom. The summed E-state index contributed by atoms with van der Waals surface area (Å²) in [5, 5.41) is 0. The van der Waals surface area contributed by atoms with Crippen molar-refractivity contribution >= 4 is 8.56 Å². The molecule has 0 aliphatic carbocycles. The molecule has 0 aliphatic heterocycles. The molecule has 0 atom stereocenters. The summed E-state index contributed by atoms with van der Waals surface area (Å²) >= 11 is 0. The van der Waals surface area contributed by atoms with Crippen LogP contribution in [0.1, 0.15) is 67.2 Å². The maximum absolute atomic E-state index is 5.90. The molecule has 134 valence electrons. The number of rotatable bonds is 12. The van der Waals surface area contributed by atoms with Crippen molar-refractivity contribution in [2.24, 2.45) is 0 Å². The Morgan fingerprint density at radius 3 is 1.83 bits per heavy atom. The van der Waals surface area contributed by atoms with E-state index < -0.39 is 8.56 Å². The van der Waals surface area contributed by atoms with Crippen LogP contribution in [-0.2, 0) is 8.85 Å². The van der Waals surface area contributed by atoms with Gasteiger partial charge in [-0.2, -0.15) is 0 Å². The van der Waals surface area contributed by atoms with Gasteiger partial charge in [-0.15, -0.1) is 0 Å². The topological polar surface area (TPSA) is 18.5 Å². The normalized spacial score (nSPS) is 13.3. The lowest BCUT2D eigenvalue weighted by Gasteiger charge is -2.26. The first-order chi connectivity index (χ1) is 10.8. The highest BCUT2D eigenvalue weighted by Gasteiger charge is 2.29. The molecule has 3 heteroatoms. The fraction of sp³-hybridized carbons (Fsp3) is 0.700. The monoisotopic (exact) mass is 338 g/mol. The second kappa shape index (κ2) is 12.7. The molecule has 23 heavy (non-hydrogen) atoms. The van der Waals surface area contributed by atoms with Crippen LogP contribution < -0.4 is 0 Å². The van der Waals surface area contributed by atoms with Gasteiger partial charge >= 0.3 is 8.56 Å². The van der Waals surface area contributed by atoms with Crippen LogP contribution in [0.3, 0.4) is 0 Å². The zero-order valence-corrected chi connectivity index (χ0v) is 17.5. The van der Waals surface area contributed by atoms with Crippen LogP contribution in [0.2, 0.25) is 12.6 Å². The van der Waals surface area contributed by atoms with Crippen LogP contribution in [0.15, 0.2) is 34.9 Å². The molecular weight excluding hydrogens is 300 g/mol. The largest absolute Gasteiger partial charge is 0.395 e. The molecule has 0 aromatic rings. The quantitative estimate of drug-likeness (QED) is 0.297. The van der Waals surface area contributed by atoms with E-state index in [9.17, 15) is 0 Å². The summed E-state index contributed by atoms with van der Waals surface area (Å²) in [7, 11) is -1.96. The number of allylic oxidation sites excluding steroid dienone is 6. The van der Waals surface area contributed by atoms with Crippen molar-refractivity contribution in [3.8, 4) is 0 Å². The smallest absolute Gasteiger partial charge is 0.335 e. The lowest BCUT2D eigenvalue weighted by molar-refractivity contribution is 0.189. The van der Waals surface area contributed by atoms with Gasteiger partial charge in [0.2, 0.25) is 0 Å². The molecule has 0 saturated carbocycles. The van der Waals surface area contributed by atoms with Crippen LogP contribution in [0.5, 0.6) is 0 Å². The Balaban J connectivity index is 4.26. The average Bonchev–Trinajstić information content (AvgIpc) is 2.45. The lowest BCUT2D eigenvalue weighted by Crippen LogP contribution is -2.38. The molecule has 0 aromatic carbocycles. The van der Waals surface area contributed by atoms with Gasteiger partial charge in [0.1, 0.15) is 0 Å². The average molecular weight is 339 g/mol. The first kappa shape index (κ1) is 22.4. The first-order valence-electron chi connectivity index (χ1n) is 9.05. The maximum Gasteiger partial charge on any atom is 0.335 e. The molecule has 0 radical (unpaired) electrons. The predicted octanol–water partition coefficient (Wildman–Crippen LogP) is 6.55. The minimum atomic E-state index is -1.96. The van der Waals surface area contributed by atoms with Crippen molar-refractivity contribution in [3.05, 3.63) is 34.9 Å². The van der Waals surface area contributed by atoms with E-state index in [1.807, 2.05) is 0 Å². The lowest BCUT2D eigenvalue weighted by atomic mass is 10.1. The highest BCUT2D eigenvalue weighted by molar-refractivity contribution is 6.66. The second-order valence-corrected chi connectivity index (χ2v) is 10.0. The van der Waals surface area contributed by atoms with Crippen molar-refractivity contribution in [1.82, 2.24) is 0 Å².